The standard InChI is InChI=1S/C23H17ClN4O2S/c1-12-9-18-22(21(17(12)11-20(29)30)14-3-5-16(24)6-4-14)31-23(25-18)15-7-8-28-13(2)26-27-19(28)10-15/h3-10H,11H2,1-2H3,(H,29,30). The van der Waals surface area contributed by atoms with E-state index in [9.17, 15) is 9.90 Å². The maximum atomic E-state index is 11.6. The number of thiazole rings is 1. The largest absolute Gasteiger partial charge is 0.481 e. The Kier molecular flexibility index (Phi) is 4.72. The number of carboxylic acids is 1. The van der Waals surface area contributed by atoms with Crippen LogP contribution < -0.4 is 0 Å². The molecule has 0 bridgehead atoms. The van der Waals surface area contributed by atoms with Crippen molar-refractivity contribution in [3.8, 4) is 21.7 Å². The van der Waals surface area contributed by atoms with E-state index in [4.69, 9.17) is 16.6 Å². The van der Waals surface area contributed by atoms with Gasteiger partial charge in [-0.05, 0) is 60.9 Å². The molecule has 0 saturated carbocycles. The van der Waals surface area contributed by atoms with Crippen molar-refractivity contribution in [2.45, 2.75) is 20.3 Å². The number of pyridine rings is 1. The number of aryl methyl sites for hydroxylation is 2. The number of rotatable bonds is 4. The lowest BCUT2D eigenvalue weighted by molar-refractivity contribution is -0.136. The molecule has 3 aromatic heterocycles. The third kappa shape index (κ3) is 3.45. The number of carboxylic acid groups (broad SMARTS) is 1. The third-order valence-electron chi connectivity index (χ3n) is 5.30. The van der Waals surface area contributed by atoms with E-state index in [0.29, 0.717) is 5.02 Å². The van der Waals surface area contributed by atoms with Crippen LogP contribution in [0.25, 0.3) is 37.6 Å². The van der Waals surface area contributed by atoms with Crippen molar-refractivity contribution in [2.75, 3.05) is 0 Å². The van der Waals surface area contributed by atoms with Gasteiger partial charge in [0, 0.05) is 22.3 Å². The number of hydrogen-bond acceptors (Lipinski definition) is 5. The molecule has 5 aromatic rings. The first-order valence-electron chi connectivity index (χ1n) is 9.63. The van der Waals surface area contributed by atoms with E-state index in [0.717, 1.165) is 54.5 Å². The van der Waals surface area contributed by atoms with Crippen LogP contribution in [0.15, 0.2) is 48.7 Å². The molecule has 154 valence electrons. The van der Waals surface area contributed by atoms with Crippen LogP contribution in [-0.4, -0.2) is 30.7 Å². The molecule has 8 heteroatoms. The van der Waals surface area contributed by atoms with Gasteiger partial charge in [-0.15, -0.1) is 21.5 Å². The van der Waals surface area contributed by atoms with Gasteiger partial charge in [-0.3, -0.25) is 9.20 Å². The fourth-order valence-electron chi connectivity index (χ4n) is 3.80. The minimum absolute atomic E-state index is 0.0576. The molecule has 0 atom stereocenters. The average molecular weight is 449 g/mol. The highest BCUT2D eigenvalue weighted by molar-refractivity contribution is 7.22. The van der Waals surface area contributed by atoms with E-state index in [2.05, 4.69) is 10.2 Å². The van der Waals surface area contributed by atoms with E-state index in [1.165, 1.54) is 0 Å². The third-order valence-corrected chi connectivity index (χ3v) is 6.69. The van der Waals surface area contributed by atoms with Crippen molar-refractivity contribution < 1.29 is 9.90 Å². The van der Waals surface area contributed by atoms with Crippen LogP contribution in [0.1, 0.15) is 17.0 Å². The highest BCUT2D eigenvalue weighted by atomic mass is 35.5. The molecule has 3 heterocycles. The fraction of sp³-hybridized carbons (Fsp3) is 0.130. The molecule has 0 fully saturated rings. The molecule has 0 spiro atoms. The second-order valence-corrected chi connectivity index (χ2v) is 8.82. The van der Waals surface area contributed by atoms with Crippen LogP contribution in [0.5, 0.6) is 0 Å². The van der Waals surface area contributed by atoms with Crippen LogP contribution in [0, 0.1) is 13.8 Å². The van der Waals surface area contributed by atoms with Crippen molar-refractivity contribution in [3.05, 3.63) is 70.6 Å². The Hall–Kier alpha value is -3.29. The minimum atomic E-state index is -0.866. The lowest BCUT2D eigenvalue weighted by atomic mass is 9.93. The molecule has 0 amide bonds. The first-order valence-corrected chi connectivity index (χ1v) is 10.8. The van der Waals surface area contributed by atoms with Crippen LogP contribution in [0.2, 0.25) is 5.02 Å². The minimum Gasteiger partial charge on any atom is -0.481 e. The normalized spacial score (nSPS) is 11.5. The molecule has 1 N–H and O–H groups in total. The first kappa shape index (κ1) is 19.7. The van der Waals surface area contributed by atoms with Crippen LogP contribution in [0.3, 0.4) is 0 Å². The van der Waals surface area contributed by atoms with E-state index in [1.807, 2.05) is 66.9 Å². The molecular weight excluding hydrogens is 432 g/mol. The zero-order chi connectivity index (χ0) is 21.7. The van der Waals surface area contributed by atoms with Crippen LogP contribution in [0.4, 0.5) is 0 Å². The van der Waals surface area contributed by atoms with Gasteiger partial charge < -0.3 is 5.11 Å². The predicted molar refractivity (Wildman–Crippen MR) is 123 cm³/mol. The topological polar surface area (TPSA) is 80.4 Å². The summed E-state index contributed by atoms with van der Waals surface area (Å²) in [6, 6.07) is 13.4. The summed E-state index contributed by atoms with van der Waals surface area (Å²) in [5.74, 6) is -0.0418. The quantitative estimate of drug-likeness (QED) is 0.388. The fourth-order valence-corrected chi connectivity index (χ4v) is 5.06. The SMILES string of the molecule is Cc1cc2nc(-c3ccn4c(C)nnc4c3)sc2c(-c2ccc(Cl)cc2)c1CC(=O)O. The Balaban J connectivity index is 1.75. The van der Waals surface area contributed by atoms with Gasteiger partial charge in [0.1, 0.15) is 10.8 Å². The Bertz CT molecular complexity index is 1470. The highest BCUT2D eigenvalue weighted by Crippen LogP contribution is 2.41. The summed E-state index contributed by atoms with van der Waals surface area (Å²) in [5.41, 5.74) is 6.07. The molecule has 0 saturated heterocycles. The smallest absolute Gasteiger partial charge is 0.307 e. The number of aromatic nitrogens is 4. The Labute approximate surface area is 186 Å². The predicted octanol–water partition coefficient (Wildman–Crippen LogP) is 5.57. The van der Waals surface area contributed by atoms with Crippen molar-refractivity contribution >= 4 is 44.8 Å². The van der Waals surface area contributed by atoms with Crippen molar-refractivity contribution in [2.24, 2.45) is 0 Å². The summed E-state index contributed by atoms with van der Waals surface area (Å²) in [7, 11) is 0. The molecule has 31 heavy (non-hydrogen) atoms. The van der Waals surface area contributed by atoms with Crippen LogP contribution >= 0.6 is 22.9 Å². The number of fused-ring (bicyclic) bond motifs is 2. The van der Waals surface area contributed by atoms with Gasteiger partial charge >= 0.3 is 5.97 Å². The second kappa shape index (κ2) is 7.44. The summed E-state index contributed by atoms with van der Waals surface area (Å²) in [4.78, 5) is 16.5. The number of halogens is 1. The summed E-state index contributed by atoms with van der Waals surface area (Å²) in [5, 5.41) is 19.3. The van der Waals surface area contributed by atoms with Gasteiger partial charge in [0.05, 0.1) is 16.6 Å². The highest BCUT2D eigenvalue weighted by Gasteiger charge is 2.19. The number of hydrogen-bond donors (Lipinski definition) is 1. The summed E-state index contributed by atoms with van der Waals surface area (Å²) >= 11 is 7.64. The summed E-state index contributed by atoms with van der Waals surface area (Å²) in [6.45, 7) is 3.84. The number of aliphatic carboxylic acids is 1. The van der Waals surface area contributed by atoms with E-state index in [1.54, 1.807) is 11.3 Å². The lowest BCUT2D eigenvalue weighted by Gasteiger charge is -2.13. The van der Waals surface area contributed by atoms with E-state index >= 15 is 0 Å². The second-order valence-electron chi connectivity index (χ2n) is 7.38. The van der Waals surface area contributed by atoms with Gasteiger partial charge in [-0.1, -0.05) is 23.7 Å². The number of carbonyl (C=O) groups is 1. The number of nitrogens with zero attached hydrogens (tertiary/aromatic N) is 4. The molecular formula is C23H17ClN4O2S. The van der Waals surface area contributed by atoms with Gasteiger partial charge in [-0.2, -0.15) is 0 Å². The van der Waals surface area contributed by atoms with Crippen LogP contribution in [-0.2, 0) is 11.2 Å². The zero-order valence-corrected chi connectivity index (χ0v) is 18.3. The Morgan fingerprint density at radius 1 is 1.10 bits per heavy atom. The van der Waals surface area contributed by atoms with E-state index < -0.39 is 5.97 Å². The molecule has 0 radical (unpaired) electrons. The Morgan fingerprint density at radius 2 is 1.87 bits per heavy atom. The van der Waals surface area contributed by atoms with E-state index in [-0.39, 0.29) is 6.42 Å². The maximum absolute atomic E-state index is 11.6. The molecule has 0 aliphatic rings. The van der Waals surface area contributed by atoms with Gasteiger partial charge in [-0.25, -0.2) is 4.98 Å². The van der Waals surface area contributed by atoms with Crippen molar-refractivity contribution in [1.82, 2.24) is 19.6 Å². The molecule has 2 aromatic carbocycles. The first-order chi connectivity index (χ1) is 14.9. The monoisotopic (exact) mass is 448 g/mol. The molecule has 5 rings (SSSR count). The average Bonchev–Trinajstić information content (AvgIpc) is 3.32. The summed E-state index contributed by atoms with van der Waals surface area (Å²) in [6.07, 6.45) is 1.88. The van der Waals surface area contributed by atoms with Gasteiger partial charge in [0.25, 0.3) is 0 Å². The molecule has 6 nitrogen and oxygen atoms in total. The zero-order valence-electron chi connectivity index (χ0n) is 16.8. The molecule has 0 aliphatic carbocycles. The number of benzene rings is 2. The molecule has 0 aliphatic heterocycles. The summed E-state index contributed by atoms with van der Waals surface area (Å²) < 4.78 is 2.88. The maximum Gasteiger partial charge on any atom is 0.307 e. The lowest BCUT2D eigenvalue weighted by Crippen LogP contribution is -2.04. The van der Waals surface area contributed by atoms with Crippen molar-refractivity contribution in [3.63, 3.8) is 0 Å². The molecule has 0 unspecified atom stereocenters. The van der Waals surface area contributed by atoms with Gasteiger partial charge in [0.2, 0.25) is 0 Å². The van der Waals surface area contributed by atoms with Crippen molar-refractivity contribution in [1.29, 1.82) is 0 Å². The Morgan fingerprint density at radius 3 is 2.61 bits per heavy atom. The van der Waals surface area contributed by atoms with Gasteiger partial charge in [0.15, 0.2) is 5.65 Å².